The minimum atomic E-state index is -0.243. The van der Waals surface area contributed by atoms with Crippen LogP contribution < -0.4 is 4.78 Å². The Bertz CT molecular complexity index is 382. The van der Waals surface area contributed by atoms with Crippen molar-refractivity contribution in [3.05, 3.63) is 17.0 Å². The monoisotopic (exact) mass is 252 g/mol. The van der Waals surface area contributed by atoms with Gasteiger partial charge >= 0.3 is 7.12 Å². The lowest BCUT2D eigenvalue weighted by molar-refractivity contribution is 0.00578. The lowest BCUT2D eigenvalue weighted by Gasteiger charge is -2.32. The molecule has 94 valence electrons. The second-order valence-electron chi connectivity index (χ2n) is 5.70. The van der Waals surface area contributed by atoms with E-state index in [0.717, 1.165) is 6.42 Å². The summed E-state index contributed by atoms with van der Waals surface area (Å²) in [6, 6.07) is 2.22. The molecule has 1 aliphatic rings. The highest BCUT2D eigenvalue weighted by atomic mass is 32.1. The molecule has 0 N–H and O–H groups in total. The van der Waals surface area contributed by atoms with Crippen molar-refractivity contribution in [2.75, 3.05) is 0 Å². The van der Waals surface area contributed by atoms with E-state index in [1.807, 2.05) is 0 Å². The van der Waals surface area contributed by atoms with E-state index >= 15 is 0 Å². The first-order valence-electron chi connectivity index (χ1n) is 6.28. The largest absolute Gasteiger partial charge is 0.505 e. The molecule has 1 aliphatic heterocycles. The number of hydrogen-bond acceptors (Lipinski definition) is 3. The summed E-state index contributed by atoms with van der Waals surface area (Å²) in [6.45, 7) is 10.6. The molecule has 1 aromatic heterocycles. The summed E-state index contributed by atoms with van der Waals surface area (Å²) in [6.07, 6.45) is 2.32. The van der Waals surface area contributed by atoms with E-state index in [9.17, 15) is 0 Å². The molecular weight excluding hydrogens is 231 g/mol. The maximum atomic E-state index is 6.03. The third-order valence-electron chi connectivity index (χ3n) is 3.70. The second-order valence-corrected chi connectivity index (χ2v) is 6.64. The maximum Gasteiger partial charge on any atom is 0.505 e. The van der Waals surface area contributed by atoms with E-state index in [0.29, 0.717) is 0 Å². The Labute approximate surface area is 108 Å². The summed E-state index contributed by atoms with van der Waals surface area (Å²) in [4.78, 5) is 0. The summed E-state index contributed by atoms with van der Waals surface area (Å²) in [5.74, 6) is 0. The fraction of sp³-hybridized carbons (Fsp3) is 0.692. The summed E-state index contributed by atoms with van der Waals surface area (Å²) in [7, 11) is -0.199. The minimum Gasteiger partial charge on any atom is -0.399 e. The molecule has 0 aliphatic carbocycles. The fourth-order valence-electron chi connectivity index (χ4n) is 1.90. The van der Waals surface area contributed by atoms with E-state index in [1.165, 1.54) is 16.8 Å². The van der Waals surface area contributed by atoms with Crippen LogP contribution in [0.3, 0.4) is 0 Å². The zero-order chi connectivity index (χ0) is 12.7. The molecular formula is C13H21BO2S. The van der Waals surface area contributed by atoms with Gasteiger partial charge in [-0.05, 0) is 51.1 Å². The van der Waals surface area contributed by atoms with E-state index in [2.05, 4.69) is 46.1 Å². The Morgan fingerprint density at radius 1 is 1.18 bits per heavy atom. The van der Waals surface area contributed by atoms with Crippen molar-refractivity contribution in [3.63, 3.8) is 0 Å². The van der Waals surface area contributed by atoms with Crippen LogP contribution in [-0.2, 0) is 15.7 Å². The van der Waals surface area contributed by atoms with Crippen molar-refractivity contribution in [2.24, 2.45) is 0 Å². The lowest BCUT2D eigenvalue weighted by Crippen LogP contribution is -2.41. The molecule has 0 atom stereocenters. The molecule has 4 heteroatoms. The van der Waals surface area contributed by atoms with Gasteiger partial charge in [0.15, 0.2) is 0 Å². The second kappa shape index (κ2) is 4.41. The van der Waals surface area contributed by atoms with Gasteiger partial charge in [-0.2, -0.15) is 11.3 Å². The van der Waals surface area contributed by atoms with Crippen LogP contribution >= 0.6 is 11.3 Å². The summed E-state index contributed by atoms with van der Waals surface area (Å²) in [5.41, 5.74) is 0.904. The van der Waals surface area contributed by atoms with Crippen molar-refractivity contribution in [2.45, 2.75) is 58.7 Å². The number of aryl methyl sites for hydroxylation is 1. The molecule has 2 nitrogen and oxygen atoms in total. The highest BCUT2D eigenvalue weighted by molar-refractivity contribution is 7.20. The summed E-state index contributed by atoms with van der Waals surface area (Å²) in [5, 5.41) is 2.21. The molecule has 1 saturated heterocycles. The molecule has 2 heterocycles. The Balaban J connectivity index is 2.14. The summed E-state index contributed by atoms with van der Waals surface area (Å²) < 4.78 is 13.2. The Kier molecular flexibility index (Phi) is 3.41. The van der Waals surface area contributed by atoms with Crippen LogP contribution in [-0.4, -0.2) is 18.3 Å². The Morgan fingerprint density at radius 3 is 2.29 bits per heavy atom. The van der Waals surface area contributed by atoms with Gasteiger partial charge in [-0.3, -0.25) is 0 Å². The van der Waals surface area contributed by atoms with Crippen LogP contribution in [0.5, 0.6) is 0 Å². The van der Waals surface area contributed by atoms with Crippen LogP contribution in [0.1, 0.15) is 46.6 Å². The number of thiophene rings is 1. The zero-order valence-corrected chi connectivity index (χ0v) is 12.2. The molecule has 0 amide bonds. The molecule has 2 rings (SSSR count). The minimum absolute atomic E-state index is 0.199. The van der Waals surface area contributed by atoms with E-state index in [4.69, 9.17) is 9.31 Å². The predicted molar refractivity (Wildman–Crippen MR) is 74.0 cm³/mol. The van der Waals surface area contributed by atoms with Gasteiger partial charge in [0.05, 0.1) is 11.2 Å². The van der Waals surface area contributed by atoms with Gasteiger partial charge in [0.25, 0.3) is 0 Å². The number of hydrogen-bond donors (Lipinski definition) is 0. The Morgan fingerprint density at radius 2 is 1.76 bits per heavy atom. The maximum absolute atomic E-state index is 6.03. The van der Waals surface area contributed by atoms with Gasteiger partial charge in [-0.1, -0.05) is 13.3 Å². The molecule has 1 fully saturated rings. The first-order valence-corrected chi connectivity index (χ1v) is 7.16. The highest BCUT2D eigenvalue weighted by Crippen LogP contribution is 2.36. The van der Waals surface area contributed by atoms with Crippen molar-refractivity contribution in [1.82, 2.24) is 0 Å². The molecule has 0 spiro atoms. The van der Waals surface area contributed by atoms with Crippen LogP contribution in [0.4, 0.5) is 0 Å². The third-order valence-corrected chi connectivity index (χ3v) is 4.70. The third kappa shape index (κ3) is 2.44. The van der Waals surface area contributed by atoms with Crippen LogP contribution in [0.25, 0.3) is 0 Å². The quantitative estimate of drug-likeness (QED) is 0.770. The van der Waals surface area contributed by atoms with Gasteiger partial charge in [0.2, 0.25) is 0 Å². The van der Waals surface area contributed by atoms with Gasteiger partial charge in [0, 0.05) is 4.78 Å². The first-order chi connectivity index (χ1) is 7.86. The van der Waals surface area contributed by atoms with E-state index in [-0.39, 0.29) is 18.3 Å². The lowest BCUT2D eigenvalue weighted by atomic mass is 9.87. The van der Waals surface area contributed by atoms with Gasteiger partial charge in [-0.15, -0.1) is 0 Å². The topological polar surface area (TPSA) is 18.5 Å². The van der Waals surface area contributed by atoms with Crippen molar-refractivity contribution in [3.8, 4) is 0 Å². The molecule has 0 unspecified atom stereocenters. The molecule has 0 saturated carbocycles. The summed E-state index contributed by atoms with van der Waals surface area (Å²) >= 11 is 1.74. The average Bonchev–Trinajstić information content (AvgIpc) is 2.71. The molecule has 17 heavy (non-hydrogen) atoms. The molecule has 0 aromatic carbocycles. The first kappa shape index (κ1) is 13.1. The fourth-order valence-corrected chi connectivity index (χ4v) is 2.80. The smallest absolute Gasteiger partial charge is 0.399 e. The van der Waals surface area contributed by atoms with Crippen molar-refractivity contribution in [1.29, 1.82) is 0 Å². The average molecular weight is 252 g/mol. The van der Waals surface area contributed by atoms with E-state index < -0.39 is 0 Å². The molecule has 0 bridgehead atoms. The number of rotatable bonds is 3. The van der Waals surface area contributed by atoms with Gasteiger partial charge in [0.1, 0.15) is 0 Å². The van der Waals surface area contributed by atoms with E-state index in [1.54, 1.807) is 11.3 Å². The standard InChI is InChI=1S/C13H21BO2S/c1-6-7-10-8-11(17-9-10)14-15-12(2,3)13(4,5)16-14/h8-9H,6-7H2,1-5H3. The predicted octanol–water partition coefficient (Wildman–Crippen LogP) is 3.00. The highest BCUT2D eigenvalue weighted by Gasteiger charge is 2.52. The van der Waals surface area contributed by atoms with Gasteiger partial charge < -0.3 is 9.31 Å². The van der Waals surface area contributed by atoms with Crippen LogP contribution in [0, 0.1) is 0 Å². The van der Waals surface area contributed by atoms with Gasteiger partial charge in [-0.25, -0.2) is 0 Å². The normalized spacial score (nSPS) is 22.1. The van der Waals surface area contributed by atoms with Crippen molar-refractivity contribution >= 4 is 23.2 Å². The zero-order valence-electron chi connectivity index (χ0n) is 11.4. The van der Waals surface area contributed by atoms with Crippen molar-refractivity contribution < 1.29 is 9.31 Å². The molecule has 1 aromatic rings. The Hall–Kier alpha value is -0.315. The van der Waals surface area contributed by atoms with Crippen LogP contribution in [0.2, 0.25) is 0 Å². The SMILES string of the molecule is CCCc1csc(B2OC(C)(C)C(C)(C)O2)c1. The van der Waals surface area contributed by atoms with Crippen LogP contribution in [0.15, 0.2) is 11.4 Å². The molecule has 0 radical (unpaired) electrons.